The summed E-state index contributed by atoms with van der Waals surface area (Å²) in [6, 6.07) is 7.13. The van der Waals surface area contributed by atoms with Crippen LogP contribution in [0.25, 0.3) is 0 Å². The number of hydrogen-bond acceptors (Lipinski definition) is 3. The van der Waals surface area contributed by atoms with E-state index in [1.165, 1.54) is 6.42 Å². The Morgan fingerprint density at radius 2 is 2.14 bits per heavy atom. The van der Waals surface area contributed by atoms with Crippen molar-refractivity contribution in [2.24, 2.45) is 5.73 Å². The van der Waals surface area contributed by atoms with Gasteiger partial charge in [-0.3, -0.25) is 4.79 Å². The molecule has 1 amide bonds. The molecule has 0 aromatic heterocycles. The van der Waals surface area contributed by atoms with Crippen molar-refractivity contribution in [3.8, 4) is 5.75 Å². The normalized spacial score (nSPS) is 24.0. The van der Waals surface area contributed by atoms with E-state index in [0.717, 1.165) is 25.7 Å². The molecule has 21 heavy (non-hydrogen) atoms. The van der Waals surface area contributed by atoms with Crippen molar-refractivity contribution in [1.29, 1.82) is 0 Å². The van der Waals surface area contributed by atoms with Gasteiger partial charge in [0.05, 0.1) is 0 Å². The van der Waals surface area contributed by atoms with Gasteiger partial charge in [-0.2, -0.15) is 0 Å². The van der Waals surface area contributed by atoms with E-state index in [-0.39, 0.29) is 18.0 Å². The van der Waals surface area contributed by atoms with Crippen molar-refractivity contribution in [3.63, 3.8) is 0 Å². The standard InChI is InChI=1S/C16H23ClN2O2/c1-11(21-13-7-5-6-12(17)10-13)16(20)19-15-9-4-2-3-8-14(15)18/h5-7,10-11,14-15H,2-4,8-9,18H2,1H3,(H,19,20). The molecule has 1 aliphatic carbocycles. The lowest BCUT2D eigenvalue weighted by Crippen LogP contribution is -2.50. The van der Waals surface area contributed by atoms with Crippen molar-refractivity contribution in [1.82, 2.24) is 5.32 Å². The number of hydrogen-bond donors (Lipinski definition) is 2. The fourth-order valence-electron chi connectivity index (χ4n) is 2.61. The largest absolute Gasteiger partial charge is 0.481 e. The molecule has 0 radical (unpaired) electrons. The maximum absolute atomic E-state index is 12.2. The summed E-state index contributed by atoms with van der Waals surface area (Å²) in [4.78, 5) is 12.2. The lowest BCUT2D eigenvalue weighted by Gasteiger charge is -2.24. The second kappa shape index (κ2) is 7.66. The molecule has 1 aromatic rings. The van der Waals surface area contributed by atoms with Crippen LogP contribution >= 0.6 is 11.6 Å². The number of halogens is 1. The van der Waals surface area contributed by atoms with E-state index in [4.69, 9.17) is 22.1 Å². The molecule has 2 rings (SSSR count). The van der Waals surface area contributed by atoms with Gasteiger partial charge in [-0.05, 0) is 38.0 Å². The predicted octanol–water partition coefficient (Wildman–Crippen LogP) is 2.88. The van der Waals surface area contributed by atoms with Gasteiger partial charge in [-0.15, -0.1) is 0 Å². The zero-order chi connectivity index (χ0) is 15.2. The molecule has 116 valence electrons. The zero-order valence-corrected chi connectivity index (χ0v) is 13.1. The molecule has 3 unspecified atom stereocenters. The smallest absolute Gasteiger partial charge is 0.261 e. The van der Waals surface area contributed by atoms with Gasteiger partial charge in [0.15, 0.2) is 6.10 Å². The van der Waals surface area contributed by atoms with Crippen LogP contribution in [0, 0.1) is 0 Å². The van der Waals surface area contributed by atoms with Crippen LogP contribution in [0.15, 0.2) is 24.3 Å². The van der Waals surface area contributed by atoms with Crippen LogP contribution in [0.1, 0.15) is 39.0 Å². The van der Waals surface area contributed by atoms with Crippen molar-refractivity contribution in [2.75, 3.05) is 0 Å². The highest BCUT2D eigenvalue weighted by Crippen LogP contribution is 2.19. The van der Waals surface area contributed by atoms with E-state index in [9.17, 15) is 4.79 Å². The van der Waals surface area contributed by atoms with Crippen LogP contribution in [-0.2, 0) is 4.79 Å². The number of ether oxygens (including phenoxy) is 1. The number of amides is 1. The molecule has 5 heteroatoms. The van der Waals surface area contributed by atoms with Crippen LogP contribution in [0.3, 0.4) is 0 Å². The Hall–Kier alpha value is -1.26. The number of benzene rings is 1. The van der Waals surface area contributed by atoms with E-state index in [0.29, 0.717) is 10.8 Å². The van der Waals surface area contributed by atoms with Gasteiger partial charge in [-0.25, -0.2) is 0 Å². The summed E-state index contributed by atoms with van der Waals surface area (Å²) in [6.07, 6.45) is 4.78. The molecule has 0 spiro atoms. The average molecular weight is 311 g/mol. The number of rotatable bonds is 4. The maximum Gasteiger partial charge on any atom is 0.261 e. The van der Waals surface area contributed by atoms with Gasteiger partial charge >= 0.3 is 0 Å². The molecule has 3 atom stereocenters. The quantitative estimate of drug-likeness (QED) is 0.840. The van der Waals surface area contributed by atoms with E-state index < -0.39 is 6.10 Å². The molecule has 1 saturated carbocycles. The van der Waals surface area contributed by atoms with Crippen molar-refractivity contribution >= 4 is 17.5 Å². The molecule has 0 bridgehead atoms. The van der Waals surface area contributed by atoms with Crippen LogP contribution in [0.5, 0.6) is 5.75 Å². The van der Waals surface area contributed by atoms with E-state index in [1.807, 2.05) is 0 Å². The monoisotopic (exact) mass is 310 g/mol. The third kappa shape index (κ3) is 4.90. The van der Waals surface area contributed by atoms with Crippen molar-refractivity contribution < 1.29 is 9.53 Å². The van der Waals surface area contributed by atoms with Gasteiger partial charge in [0.1, 0.15) is 5.75 Å². The highest BCUT2D eigenvalue weighted by atomic mass is 35.5. The fraction of sp³-hybridized carbons (Fsp3) is 0.562. The maximum atomic E-state index is 12.2. The van der Waals surface area contributed by atoms with Crippen LogP contribution in [0.2, 0.25) is 5.02 Å². The van der Waals surface area contributed by atoms with Crippen molar-refractivity contribution in [3.05, 3.63) is 29.3 Å². The zero-order valence-electron chi connectivity index (χ0n) is 12.3. The Kier molecular flexibility index (Phi) is 5.88. The topological polar surface area (TPSA) is 64.3 Å². The Morgan fingerprint density at radius 1 is 1.38 bits per heavy atom. The van der Waals surface area contributed by atoms with E-state index in [2.05, 4.69) is 5.32 Å². The summed E-state index contributed by atoms with van der Waals surface area (Å²) in [7, 11) is 0. The van der Waals surface area contributed by atoms with Gasteiger partial charge in [0.25, 0.3) is 5.91 Å². The fourth-order valence-corrected chi connectivity index (χ4v) is 2.79. The van der Waals surface area contributed by atoms with Crippen LogP contribution in [0.4, 0.5) is 0 Å². The Balaban J connectivity index is 1.89. The molecule has 1 fully saturated rings. The van der Waals surface area contributed by atoms with Gasteiger partial charge in [0, 0.05) is 17.1 Å². The predicted molar refractivity (Wildman–Crippen MR) is 84.5 cm³/mol. The average Bonchev–Trinajstić information content (AvgIpc) is 2.64. The second-order valence-corrected chi connectivity index (χ2v) is 6.07. The number of carbonyl (C=O) groups excluding carboxylic acids is 1. The van der Waals surface area contributed by atoms with Crippen molar-refractivity contribution in [2.45, 2.75) is 57.2 Å². The third-order valence-corrected chi connectivity index (χ3v) is 4.11. The first-order chi connectivity index (χ1) is 10.1. The molecule has 0 heterocycles. The minimum atomic E-state index is -0.570. The van der Waals surface area contributed by atoms with Gasteiger partial charge < -0.3 is 15.8 Å². The number of carbonyl (C=O) groups is 1. The Bertz CT molecular complexity index is 481. The van der Waals surface area contributed by atoms with Gasteiger partial charge in [-0.1, -0.05) is 36.9 Å². The lowest BCUT2D eigenvalue weighted by molar-refractivity contribution is -0.128. The second-order valence-electron chi connectivity index (χ2n) is 5.63. The summed E-state index contributed by atoms with van der Waals surface area (Å²) in [5, 5.41) is 3.61. The summed E-state index contributed by atoms with van der Waals surface area (Å²) in [5.74, 6) is 0.465. The molecular weight excluding hydrogens is 288 g/mol. The first-order valence-electron chi connectivity index (χ1n) is 7.54. The third-order valence-electron chi connectivity index (χ3n) is 3.88. The highest BCUT2D eigenvalue weighted by Gasteiger charge is 2.24. The minimum absolute atomic E-state index is 0.0369. The van der Waals surface area contributed by atoms with E-state index >= 15 is 0 Å². The van der Waals surface area contributed by atoms with E-state index in [1.54, 1.807) is 31.2 Å². The molecule has 1 aliphatic rings. The lowest BCUT2D eigenvalue weighted by atomic mass is 10.0. The molecular formula is C16H23ClN2O2. The first-order valence-corrected chi connectivity index (χ1v) is 7.92. The first kappa shape index (κ1) is 16.1. The van der Waals surface area contributed by atoms with Gasteiger partial charge in [0.2, 0.25) is 0 Å². The molecule has 1 aromatic carbocycles. The molecule has 3 N–H and O–H groups in total. The van der Waals surface area contributed by atoms with Crippen LogP contribution in [-0.4, -0.2) is 24.1 Å². The summed E-state index contributed by atoms with van der Waals surface area (Å²) in [5.41, 5.74) is 6.13. The number of nitrogens with one attached hydrogen (secondary N) is 1. The SMILES string of the molecule is CC(Oc1cccc(Cl)c1)C(=O)NC1CCCCCC1N. The summed E-state index contributed by atoms with van der Waals surface area (Å²) < 4.78 is 5.63. The highest BCUT2D eigenvalue weighted by molar-refractivity contribution is 6.30. The number of nitrogens with two attached hydrogens (primary N) is 1. The van der Waals surface area contributed by atoms with Crippen LogP contribution < -0.4 is 15.8 Å². The molecule has 4 nitrogen and oxygen atoms in total. The minimum Gasteiger partial charge on any atom is -0.481 e. The Morgan fingerprint density at radius 3 is 2.90 bits per heavy atom. The molecule has 0 saturated heterocycles. The summed E-state index contributed by atoms with van der Waals surface area (Å²) >= 11 is 5.90. The summed E-state index contributed by atoms with van der Waals surface area (Å²) in [6.45, 7) is 1.73. The molecule has 0 aliphatic heterocycles. The Labute approximate surface area is 131 Å².